The summed E-state index contributed by atoms with van der Waals surface area (Å²) in [5.74, 6) is 0. The SMILES string of the molecule is CCOCCCOCCCOCCCOP(OCCCOCCCOCCCOCC)OCCCOCCCOCCCOCC. The average Bonchev–Trinajstić information content (AvgIpc) is 3.07. The molecule has 278 valence electrons. The second-order valence-corrected chi connectivity index (χ2v) is 11.4. The van der Waals surface area contributed by atoms with E-state index in [1.54, 1.807) is 0 Å². The summed E-state index contributed by atoms with van der Waals surface area (Å²) in [7, 11) is -1.44. The number of hydrogen-bond donors (Lipinski definition) is 0. The van der Waals surface area contributed by atoms with Gasteiger partial charge in [-0.3, -0.25) is 0 Å². The Bertz CT molecular complexity index is 468. The molecule has 0 aromatic carbocycles. The van der Waals surface area contributed by atoms with E-state index in [9.17, 15) is 0 Å². The van der Waals surface area contributed by atoms with E-state index < -0.39 is 8.60 Å². The standard InChI is InChI=1S/C33H69O12P/c1-4-34-16-7-19-37-22-10-25-40-28-13-31-43-46(44-32-14-29-41-26-11-23-38-20-8-17-35-5-2)45-33-15-30-42-27-12-24-39-21-9-18-36-6-3/h4-33H2,1-3H3. The monoisotopic (exact) mass is 688 g/mol. The molecule has 0 rings (SSSR count). The molecule has 0 saturated carbocycles. The van der Waals surface area contributed by atoms with Crippen molar-refractivity contribution >= 4 is 8.60 Å². The molecule has 0 atom stereocenters. The second kappa shape index (κ2) is 43.0. The van der Waals surface area contributed by atoms with Crippen molar-refractivity contribution in [2.45, 2.75) is 78.6 Å². The van der Waals surface area contributed by atoms with Gasteiger partial charge in [-0.15, -0.1) is 0 Å². The van der Waals surface area contributed by atoms with E-state index in [4.69, 9.17) is 56.2 Å². The summed E-state index contributed by atoms with van der Waals surface area (Å²) >= 11 is 0. The summed E-state index contributed by atoms with van der Waals surface area (Å²) in [4.78, 5) is 0. The minimum Gasteiger partial charge on any atom is -0.382 e. The predicted octanol–water partition coefficient (Wildman–Crippen LogP) is 5.98. The molecule has 0 aromatic heterocycles. The molecule has 0 amide bonds. The molecule has 0 aliphatic carbocycles. The van der Waals surface area contributed by atoms with Gasteiger partial charge < -0.3 is 56.2 Å². The Morgan fingerprint density at radius 3 is 0.609 bits per heavy atom. The van der Waals surface area contributed by atoms with Crippen molar-refractivity contribution < 1.29 is 56.2 Å². The minimum atomic E-state index is -1.44. The van der Waals surface area contributed by atoms with Gasteiger partial charge in [0.25, 0.3) is 0 Å². The first-order chi connectivity index (χ1) is 22.8. The third kappa shape index (κ3) is 40.1. The fraction of sp³-hybridized carbons (Fsp3) is 1.00. The molecule has 0 aliphatic rings. The lowest BCUT2D eigenvalue weighted by Crippen LogP contribution is -2.08. The highest BCUT2D eigenvalue weighted by molar-refractivity contribution is 7.41. The minimum absolute atomic E-state index is 0.516. The van der Waals surface area contributed by atoms with Gasteiger partial charge in [0.2, 0.25) is 0 Å². The van der Waals surface area contributed by atoms with Gasteiger partial charge in [0.05, 0.1) is 19.8 Å². The zero-order valence-electron chi connectivity index (χ0n) is 29.6. The maximum Gasteiger partial charge on any atom is 0.332 e. The summed E-state index contributed by atoms with van der Waals surface area (Å²) in [5.41, 5.74) is 0. The molecule has 0 bridgehead atoms. The van der Waals surface area contributed by atoms with E-state index >= 15 is 0 Å². The quantitative estimate of drug-likeness (QED) is 0.0556. The van der Waals surface area contributed by atoms with Crippen LogP contribution in [-0.4, -0.2) is 139 Å². The molecule has 12 nitrogen and oxygen atoms in total. The van der Waals surface area contributed by atoms with Crippen LogP contribution in [0.15, 0.2) is 0 Å². The topological polar surface area (TPSA) is 111 Å². The first-order valence-electron chi connectivity index (χ1n) is 17.7. The van der Waals surface area contributed by atoms with Crippen molar-refractivity contribution in [1.29, 1.82) is 0 Å². The maximum absolute atomic E-state index is 5.92. The van der Waals surface area contributed by atoms with Gasteiger partial charge in [-0.2, -0.15) is 0 Å². The van der Waals surface area contributed by atoms with Crippen LogP contribution in [0, 0.1) is 0 Å². The fourth-order valence-electron chi connectivity index (χ4n) is 3.64. The van der Waals surface area contributed by atoms with Crippen LogP contribution in [0.1, 0.15) is 78.6 Å². The van der Waals surface area contributed by atoms with E-state index in [2.05, 4.69) is 0 Å². The smallest absolute Gasteiger partial charge is 0.332 e. The Morgan fingerprint density at radius 1 is 0.239 bits per heavy atom. The van der Waals surface area contributed by atoms with E-state index in [-0.39, 0.29) is 0 Å². The molecule has 0 aliphatic heterocycles. The van der Waals surface area contributed by atoms with Gasteiger partial charge >= 0.3 is 8.60 Å². The summed E-state index contributed by atoms with van der Waals surface area (Å²) in [6.45, 7) is 20.3. The van der Waals surface area contributed by atoms with Crippen molar-refractivity contribution in [2.24, 2.45) is 0 Å². The lowest BCUT2D eigenvalue weighted by molar-refractivity contribution is 0.0575. The zero-order valence-corrected chi connectivity index (χ0v) is 30.5. The highest BCUT2D eigenvalue weighted by Gasteiger charge is 2.12. The molecule has 0 aromatic rings. The molecular formula is C33H69O12P. The van der Waals surface area contributed by atoms with Gasteiger partial charge in [-0.05, 0) is 78.6 Å². The summed E-state index contributed by atoms with van der Waals surface area (Å²) in [6.07, 6.45) is 7.73. The van der Waals surface area contributed by atoms with E-state index in [0.29, 0.717) is 79.3 Å². The van der Waals surface area contributed by atoms with Gasteiger partial charge in [-0.25, -0.2) is 0 Å². The van der Waals surface area contributed by atoms with Crippen LogP contribution in [0.5, 0.6) is 0 Å². The Balaban J connectivity index is 3.91. The summed E-state index contributed by atoms with van der Waals surface area (Å²) in [5, 5.41) is 0. The molecule has 0 N–H and O–H groups in total. The van der Waals surface area contributed by atoms with Crippen molar-refractivity contribution in [3.05, 3.63) is 0 Å². The van der Waals surface area contributed by atoms with E-state index in [0.717, 1.165) is 117 Å². The third-order valence-corrected chi connectivity index (χ3v) is 7.15. The van der Waals surface area contributed by atoms with E-state index in [1.165, 1.54) is 0 Å². The van der Waals surface area contributed by atoms with Crippen LogP contribution in [0.4, 0.5) is 0 Å². The van der Waals surface area contributed by atoms with Crippen LogP contribution in [0.25, 0.3) is 0 Å². The molecule has 46 heavy (non-hydrogen) atoms. The van der Waals surface area contributed by atoms with Crippen molar-refractivity contribution in [1.82, 2.24) is 0 Å². The Kier molecular flexibility index (Phi) is 42.9. The Labute approximate surface area is 282 Å². The van der Waals surface area contributed by atoms with Gasteiger partial charge in [0, 0.05) is 119 Å². The first-order valence-corrected chi connectivity index (χ1v) is 18.8. The molecule has 0 spiro atoms. The highest BCUT2D eigenvalue weighted by atomic mass is 31.2. The van der Waals surface area contributed by atoms with Crippen LogP contribution in [0.3, 0.4) is 0 Å². The van der Waals surface area contributed by atoms with Crippen molar-refractivity contribution in [2.75, 3.05) is 139 Å². The number of rotatable bonds is 42. The normalized spacial score (nSPS) is 11.7. The Hall–Kier alpha value is -0.0500. The van der Waals surface area contributed by atoms with Crippen LogP contribution >= 0.6 is 8.60 Å². The highest BCUT2D eigenvalue weighted by Crippen LogP contribution is 2.39. The molecule has 0 fully saturated rings. The zero-order chi connectivity index (χ0) is 33.3. The predicted molar refractivity (Wildman–Crippen MR) is 181 cm³/mol. The lowest BCUT2D eigenvalue weighted by atomic mass is 10.4. The van der Waals surface area contributed by atoms with Crippen molar-refractivity contribution in [3.63, 3.8) is 0 Å². The average molecular weight is 689 g/mol. The molecular weight excluding hydrogens is 619 g/mol. The lowest BCUT2D eigenvalue weighted by Gasteiger charge is -2.17. The molecule has 0 radical (unpaired) electrons. The fourth-order valence-corrected chi connectivity index (χ4v) is 4.69. The van der Waals surface area contributed by atoms with E-state index in [1.807, 2.05) is 20.8 Å². The molecule has 13 heteroatoms. The van der Waals surface area contributed by atoms with Crippen LogP contribution in [0.2, 0.25) is 0 Å². The largest absolute Gasteiger partial charge is 0.382 e. The number of hydrogen-bond acceptors (Lipinski definition) is 12. The van der Waals surface area contributed by atoms with Crippen molar-refractivity contribution in [3.8, 4) is 0 Å². The maximum atomic E-state index is 5.92. The first kappa shape index (κ1) is 46.0. The molecule has 0 unspecified atom stereocenters. The number of ether oxygens (including phenoxy) is 9. The van der Waals surface area contributed by atoms with Gasteiger partial charge in [0.1, 0.15) is 0 Å². The van der Waals surface area contributed by atoms with Crippen LogP contribution in [-0.2, 0) is 56.2 Å². The molecule has 0 heterocycles. The second-order valence-electron chi connectivity index (χ2n) is 10.2. The summed E-state index contributed by atoms with van der Waals surface area (Å²) < 4.78 is 67.5. The van der Waals surface area contributed by atoms with Gasteiger partial charge in [0.15, 0.2) is 0 Å². The molecule has 0 saturated heterocycles. The van der Waals surface area contributed by atoms with Crippen LogP contribution < -0.4 is 0 Å². The third-order valence-electron chi connectivity index (χ3n) is 5.97. The summed E-state index contributed by atoms with van der Waals surface area (Å²) in [6, 6.07) is 0. The Morgan fingerprint density at radius 2 is 0.413 bits per heavy atom. The van der Waals surface area contributed by atoms with Gasteiger partial charge in [-0.1, -0.05) is 0 Å².